The summed E-state index contributed by atoms with van der Waals surface area (Å²) >= 11 is 0. The number of alkyl halides is 3. The van der Waals surface area contributed by atoms with E-state index in [2.05, 4.69) is 16.8 Å². The van der Waals surface area contributed by atoms with E-state index in [0.717, 1.165) is 12.8 Å². The number of halogens is 3. The van der Waals surface area contributed by atoms with Crippen LogP contribution in [-0.4, -0.2) is 37.1 Å². The third kappa shape index (κ3) is 4.40. The van der Waals surface area contributed by atoms with Crippen LogP contribution in [0.15, 0.2) is 47.5 Å². The van der Waals surface area contributed by atoms with Crippen LogP contribution in [0.25, 0.3) is 0 Å². The second-order valence-corrected chi connectivity index (χ2v) is 8.13. The molecule has 172 valence electrons. The molecule has 4 rings (SSSR count). The average molecular weight is 455 g/mol. The van der Waals surface area contributed by atoms with Crippen molar-refractivity contribution < 1.29 is 22.7 Å². The number of carbonyl (C=O) groups excluding carboxylic acids is 1. The Morgan fingerprint density at radius 1 is 1.24 bits per heavy atom. The van der Waals surface area contributed by atoms with Gasteiger partial charge in [-0.15, -0.1) is 0 Å². The molecule has 1 aliphatic heterocycles. The quantitative estimate of drug-likeness (QED) is 0.500. The molecule has 0 unspecified atom stereocenters. The van der Waals surface area contributed by atoms with Gasteiger partial charge in [-0.1, -0.05) is 30.0 Å². The number of likely N-dealkylation sites (N-methyl/N-ethyl adjacent to an activating group) is 1. The van der Waals surface area contributed by atoms with Crippen molar-refractivity contribution in [1.82, 2.24) is 4.90 Å². The van der Waals surface area contributed by atoms with Crippen LogP contribution in [-0.2, 0) is 10.3 Å². The highest BCUT2D eigenvalue weighted by molar-refractivity contribution is 6.09. The normalized spacial score (nSPS) is 20.0. The molecule has 2 aliphatic rings. The van der Waals surface area contributed by atoms with E-state index in [-0.39, 0.29) is 23.5 Å². The molecule has 0 saturated heterocycles. The Morgan fingerprint density at radius 2 is 2.00 bits per heavy atom. The lowest BCUT2D eigenvalue weighted by molar-refractivity contribution is -0.129. The number of guanidine groups is 1. The molecule has 33 heavy (non-hydrogen) atoms. The van der Waals surface area contributed by atoms with Gasteiger partial charge in [0, 0.05) is 19.0 Å². The largest absolute Gasteiger partial charge is 0.435 e. The standard InChI is InChI=1S/C25H24F3N3O2/c1-31-22(32)25(30-24(31)29,18-8-5-7-16(14-18)6-3-2-4-13-26)19-11-12-21(33-23(27)28)20(15-19)17-9-10-17/h5,7-8,11-12,14-15,17,23H,2,4,9-10,13H2,1H3,(H2,29,30)/t25-/m0/s1. The van der Waals surface area contributed by atoms with Gasteiger partial charge in [0.05, 0.1) is 6.67 Å². The number of aliphatic imine (C=N–C) groups is 1. The van der Waals surface area contributed by atoms with Crippen LogP contribution in [0.5, 0.6) is 5.75 Å². The van der Waals surface area contributed by atoms with Crippen molar-refractivity contribution in [2.75, 3.05) is 13.7 Å². The first kappa shape index (κ1) is 22.7. The molecule has 0 aromatic heterocycles. The monoisotopic (exact) mass is 455 g/mol. The first-order chi connectivity index (χ1) is 15.9. The molecule has 8 heteroatoms. The van der Waals surface area contributed by atoms with Crippen LogP contribution >= 0.6 is 0 Å². The summed E-state index contributed by atoms with van der Waals surface area (Å²) in [6, 6.07) is 11.9. The number of carbonyl (C=O) groups is 1. The fourth-order valence-electron chi connectivity index (χ4n) is 4.02. The number of ether oxygens (including phenoxy) is 1. The van der Waals surface area contributed by atoms with Crippen LogP contribution in [0.2, 0.25) is 0 Å². The second kappa shape index (κ2) is 9.18. The van der Waals surface area contributed by atoms with Gasteiger partial charge in [0.15, 0.2) is 11.5 Å². The summed E-state index contributed by atoms with van der Waals surface area (Å²) in [5.41, 5.74) is 6.94. The summed E-state index contributed by atoms with van der Waals surface area (Å²) in [5.74, 6) is 5.82. The molecule has 0 radical (unpaired) electrons. The van der Waals surface area contributed by atoms with Gasteiger partial charge in [-0.05, 0) is 66.1 Å². The Hall–Kier alpha value is -3.47. The van der Waals surface area contributed by atoms with Crippen LogP contribution in [0.1, 0.15) is 53.9 Å². The van der Waals surface area contributed by atoms with Crippen molar-refractivity contribution in [1.29, 1.82) is 0 Å². The minimum absolute atomic E-state index is 0.0558. The van der Waals surface area contributed by atoms with Crippen molar-refractivity contribution in [3.8, 4) is 17.6 Å². The topological polar surface area (TPSA) is 67.9 Å². The van der Waals surface area contributed by atoms with Gasteiger partial charge in [0.1, 0.15) is 5.75 Å². The molecule has 1 heterocycles. The zero-order valence-corrected chi connectivity index (χ0v) is 18.2. The summed E-state index contributed by atoms with van der Waals surface area (Å²) in [5, 5.41) is 0. The number of unbranched alkanes of at least 4 members (excludes halogenated alkanes) is 1. The van der Waals surface area contributed by atoms with Crippen LogP contribution in [0, 0.1) is 11.8 Å². The number of nitrogens with zero attached hydrogens (tertiary/aromatic N) is 2. The van der Waals surface area contributed by atoms with Crippen molar-refractivity contribution in [2.45, 2.75) is 43.8 Å². The zero-order chi connectivity index (χ0) is 23.6. The summed E-state index contributed by atoms with van der Waals surface area (Å²) in [7, 11) is 1.54. The summed E-state index contributed by atoms with van der Waals surface area (Å²) in [6.45, 7) is -3.37. The number of hydrogen-bond acceptors (Lipinski definition) is 4. The van der Waals surface area contributed by atoms with Crippen LogP contribution < -0.4 is 10.5 Å². The third-order valence-corrected chi connectivity index (χ3v) is 5.85. The molecule has 0 bridgehead atoms. The van der Waals surface area contributed by atoms with Crippen LogP contribution in [0.4, 0.5) is 13.2 Å². The second-order valence-electron chi connectivity index (χ2n) is 8.13. The molecular weight excluding hydrogens is 431 g/mol. The predicted octanol–water partition coefficient (Wildman–Crippen LogP) is 4.30. The molecular formula is C25H24F3N3O2. The summed E-state index contributed by atoms with van der Waals surface area (Å²) in [4.78, 5) is 19.4. The Balaban J connectivity index is 1.83. The molecule has 5 nitrogen and oxygen atoms in total. The fraction of sp³-hybridized carbons (Fsp3) is 0.360. The first-order valence-corrected chi connectivity index (χ1v) is 10.7. The lowest BCUT2D eigenvalue weighted by Crippen LogP contribution is -2.41. The number of hydrogen-bond donors (Lipinski definition) is 1. The van der Waals surface area contributed by atoms with Crippen molar-refractivity contribution in [3.05, 3.63) is 64.7 Å². The molecule has 1 saturated carbocycles. The van der Waals surface area contributed by atoms with E-state index in [1.165, 1.54) is 11.0 Å². The predicted molar refractivity (Wildman–Crippen MR) is 119 cm³/mol. The number of rotatable bonds is 7. The molecule has 2 aromatic carbocycles. The summed E-state index contributed by atoms with van der Waals surface area (Å²) < 4.78 is 42.9. The van der Waals surface area contributed by atoms with Crippen molar-refractivity contribution in [2.24, 2.45) is 10.7 Å². The fourth-order valence-corrected chi connectivity index (χ4v) is 4.02. The average Bonchev–Trinajstić information content (AvgIpc) is 3.61. The van der Waals surface area contributed by atoms with Gasteiger partial charge in [-0.25, -0.2) is 4.99 Å². The highest BCUT2D eigenvalue weighted by Crippen LogP contribution is 2.48. The van der Waals surface area contributed by atoms with Crippen LogP contribution in [0.3, 0.4) is 0 Å². The smallest absolute Gasteiger partial charge is 0.387 e. The van der Waals surface area contributed by atoms with Gasteiger partial charge in [0.25, 0.3) is 5.91 Å². The van der Waals surface area contributed by atoms with E-state index in [1.54, 1.807) is 43.4 Å². The Bertz CT molecular complexity index is 1150. The van der Waals surface area contributed by atoms with Gasteiger partial charge in [-0.2, -0.15) is 8.78 Å². The molecule has 1 fully saturated rings. The van der Waals surface area contributed by atoms with E-state index in [9.17, 15) is 18.0 Å². The molecule has 0 spiro atoms. The van der Waals surface area contributed by atoms with Crippen molar-refractivity contribution in [3.63, 3.8) is 0 Å². The molecule has 1 amide bonds. The lowest BCUT2D eigenvalue weighted by Gasteiger charge is -2.27. The Kier molecular flexibility index (Phi) is 6.32. The van der Waals surface area contributed by atoms with Crippen molar-refractivity contribution >= 4 is 11.9 Å². The molecule has 2 N–H and O–H groups in total. The molecule has 2 aromatic rings. The Labute approximate surface area is 190 Å². The highest BCUT2D eigenvalue weighted by atomic mass is 19.3. The minimum Gasteiger partial charge on any atom is -0.435 e. The number of amides is 1. The Morgan fingerprint density at radius 3 is 2.64 bits per heavy atom. The lowest BCUT2D eigenvalue weighted by atomic mass is 9.81. The minimum atomic E-state index is -2.94. The maximum Gasteiger partial charge on any atom is 0.387 e. The molecule has 1 aliphatic carbocycles. The maximum absolute atomic E-state index is 13.5. The van der Waals surface area contributed by atoms with Gasteiger partial charge in [-0.3, -0.25) is 14.1 Å². The van der Waals surface area contributed by atoms with E-state index in [1.807, 2.05) is 0 Å². The van der Waals surface area contributed by atoms with E-state index >= 15 is 0 Å². The van der Waals surface area contributed by atoms with E-state index in [0.29, 0.717) is 35.1 Å². The molecule has 1 atom stereocenters. The SMILES string of the molecule is CN1C(=O)[C@](c2cccc(C#CCCCF)c2)(c2ccc(OC(F)F)c(C3CC3)c2)N=C1N. The zero-order valence-electron chi connectivity index (χ0n) is 18.2. The van der Waals surface area contributed by atoms with Gasteiger partial charge < -0.3 is 10.5 Å². The van der Waals surface area contributed by atoms with Gasteiger partial charge >= 0.3 is 6.61 Å². The van der Waals surface area contributed by atoms with E-state index < -0.39 is 18.8 Å². The van der Waals surface area contributed by atoms with E-state index in [4.69, 9.17) is 10.5 Å². The highest BCUT2D eigenvalue weighted by Gasteiger charge is 2.50. The first-order valence-electron chi connectivity index (χ1n) is 10.7. The summed E-state index contributed by atoms with van der Waals surface area (Å²) in [6.07, 6.45) is 2.51. The van der Waals surface area contributed by atoms with Gasteiger partial charge in [0.2, 0.25) is 0 Å². The number of nitrogens with two attached hydrogens (primary N) is 1. The third-order valence-electron chi connectivity index (χ3n) is 5.85. The number of benzene rings is 2. The maximum atomic E-state index is 13.5.